The first kappa shape index (κ1) is 10.2. The summed E-state index contributed by atoms with van der Waals surface area (Å²) in [5, 5.41) is 8.53. The van der Waals surface area contributed by atoms with Gasteiger partial charge in [0.15, 0.2) is 0 Å². The lowest BCUT2D eigenvalue weighted by atomic mass is 10.1. The average Bonchev–Trinajstić information content (AvgIpc) is 1.86. The monoisotopic (exact) mass is 156 g/mol. The number of carboxylic acids is 1. The number of rotatable bonds is 4. The summed E-state index contributed by atoms with van der Waals surface area (Å²) in [6.45, 7) is 5.78. The molecule has 0 spiro atoms. The molecule has 0 unspecified atom stereocenters. The third-order valence-corrected chi connectivity index (χ3v) is 1.57. The Balaban J connectivity index is 3.55. The highest BCUT2D eigenvalue weighted by Gasteiger charge is 2.08. The van der Waals surface area contributed by atoms with Gasteiger partial charge in [-0.1, -0.05) is 18.6 Å². The molecule has 0 saturated carbocycles. The first-order valence-electron chi connectivity index (χ1n) is 3.90. The van der Waals surface area contributed by atoms with E-state index in [0.29, 0.717) is 0 Å². The summed E-state index contributed by atoms with van der Waals surface area (Å²) in [4.78, 5) is 10.4. The summed E-state index contributed by atoms with van der Waals surface area (Å²) in [6.07, 6.45) is 3.68. The fraction of sp³-hybridized carbons (Fsp3) is 0.667. The van der Waals surface area contributed by atoms with Crippen LogP contribution in [-0.4, -0.2) is 11.1 Å². The van der Waals surface area contributed by atoms with Crippen LogP contribution in [0.15, 0.2) is 11.6 Å². The van der Waals surface area contributed by atoms with Gasteiger partial charge in [0.2, 0.25) is 0 Å². The standard InChI is InChI=1S/C9H16O2/c1-7(2)5-4-6-8(3)9(10)11/h5,8H,4,6H2,1-3H3,(H,10,11)/t8-/m0/s1. The molecule has 1 N–H and O–H groups in total. The van der Waals surface area contributed by atoms with Crippen LogP contribution in [0.2, 0.25) is 0 Å². The van der Waals surface area contributed by atoms with Crippen molar-refractivity contribution in [3.05, 3.63) is 11.6 Å². The van der Waals surface area contributed by atoms with Crippen molar-refractivity contribution in [3.63, 3.8) is 0 Å². The van der Waals surface area contributed by atoms with E-state index < -0.39 is 5.97 Å². The quantitative estimate of drug-likeness (QED) is 0.635. The average molecular weight is 156 g/mol. The van der Waals surface area contributed by atoms with E-state index in [1.807, 2.05) is 13.8 Å². The van der Waals surface area contributed by atoms with Crippen molar-refractivity contribution in [2.75, 3.05) is 0 Å². The summed E-state index contributed by atoms with van der Waals surface area (Å²) < 4.78 is 0. The fourth-order valence-corrected chi connectivity index (χ4v) is 0.745. The maximum absolute atomic E-state index is 10.4. The molecule has 0 aliphatic carbocycles. The molecule has 64 valence electrons. The van der Waals surface area contributed by atoms with Crippen molar-refractivity contribution in [3.8, 4) is 0 Å². The van der Waals surface area contributed by atoms with Crippen LogP contribution in [0.5, 0.6) is 0 Å². The number of aliphatic carboxylic acids is 1. The molecule has 0 amide bonds. The fourth-order valence-electron chi connectivity index (χ4n) is 0.745. The van der Waals surface area contributed by atoms with E-state index >= 15 is 0 Å². The molecule has 1 atom stereocenters. The predicted octanol–water partition coefficient (Wildman–Crippen LogP) is 2.45. The predicted molar refractivity (Wildman–Crippen MR) is 45.5 cm³/mol. The molecule has 0 aromatic carbocycles. The van der Waals surface area contributed by atoms with E-state index in [-0.39, 0.29) is 5.92 Å². The largest absolute Gasteiger partial charge is 0.481 e. The zero-order chi connectivity index (χ0) is 8.85. The van der Waals surface area contributed by atoms with Crippen molar-refractivity contribution < 1.29 is 9.90 Å². The summed E-state index contributed by atoms with van der Waals surface area (Å²) in [6, 6.07) is 0. The first-order valence-corrected chi connectivity index (χ1v) is 3.90. The molecule has 0 aromatic heterocycles. The molecule has 0 radical (unpaired) electrons. The number of hydrogen-bond acceptors (Lipinski definition) is 1. The summed E-state index contributed by atoms with van der Waals surface area (Å²) in [5.74, 6) is -0.919. The smallest absolute Gasteiger partial charge is 0.306 e. The minimum Gasteiger partial charge on any atom is -0.481 e. The minimum absolute atomic E-state index is 0.217. The summed E-state index contributed by atoms with van der Waals surface area (Å²) >= 11 is 0. The molecular weight excluding hydrogens is 140 g/mol. The van der Waals surface area contributed by atoms with Gasteiger partial charge in [0.05, 0.1) is 5.92 Å². The molecule has 0 aliphatic heterocycles. The second-order valence-electron chi connectivity index (χ2n) is 3.10. The molecule has 0 bridgehead atoms. The Bertz CT molecular complexity index is 155. The van der Waals surface area contributed by atoms with Crippen molar-refractivity contribution in [1.82, 2.24) is 0 Å². The second kappa shape index (κ2) is 4.94. The van der Waals surface area contributed by atoms with Crippen molar-refractivity contribution in [1.29, 1.82) is 0 Å². The number of hydrogen-bond donors (Lipinski definition) is 1. The Hall–Kier alpha value is -0.790. The van der Waals surface area contributed by atoms with Gasteiger partial charge < -0.3 is 5.11 Å². The topological polar surface area (TPSA) is 37.3 Å². The molecular formula is C9H16O2. The van der Waals surface area contributed by atoms with Gasteiger partial charge in [0.25, 0.3) is 0 Å². The Morgan fingerprint density at radius 2 is 2.09 bits per heavy atom. The summed E-state index contributed by atoms with van der Waals surface area (Å²) in [7, 11) is 0. The van der Waals surface area contributed by atoms with Gasteiger partial charge in [-0.15, -0.1) is 0 Å². The maximum atomic E-state index is 10.4. The zero-order valence-electron chi connectivity index (χ0n) is 7.42. The van der Waals surface area contributed by atoms with E-state index in [1.54, 1.807) is 6.92 Å². The van der Waals surface area contributed by atoms with E-state index in [4.69, 9.17) is 5.11 Å². The molecule has 2 nitrogen and oxygen atoms in total. The molecule has 0 saturated heterocycles. The Kier molecular flexibility index (Phi) is 4.59. The Morgan fingerprint density at radius 3 is 2.45 bits per heavy atom. The van der Waals surface area contributed by atoms with Crippen LogP contribution in [0.1, 0.15) is 33.6 Å². The number of carbonyl (C=O) groups is 1. The van der Waals surface area contributed by atoms with Crippen LogP contribution in [0.3, 0.4) is 0 Å². The van der Waals surface area contributed by atoms with Gasteiger partial charge in [-0.2, -0.15) is 0 Å². The van der Waals surface area contributed by atoms with Gasteiger partial charge in [-0.25, -0.2) is 0 Å². The lowest BCUT2D eigenvalue weighted by Gasteiger charge is -2.02. The molecule has 0 aromatic rings. The highest BCUT2D eigenvalue weighted by atomic mass is 16.4. The van der Waals surface area contributed by atoms with Crippen LogP contribution in [0.4, 0.5) is 0 Å². The SMILES string of the molecule is CC(C)=CCC[C@H](C)C(=O)O. The number of carboxylic acid groups (broad SMARTS) is 1. The van der Waals surface area contributed by atoms with Crippen LogP contribution < -0.4 is 0 Å². The minimum atomic E-state index is -0.702. The highest BCUT2D eigenvalue weighted by Crippen LogP contribution is 2.07. The van der Waals surface area contributed by atoms with Crippen LogP contribution in [-0.2, 0) is 4.79 Å². The van der Waals surface area contributed by atoms with Gasteiger partial charge in [-0.3, -0.25) is 4.79 Å². The van der Waals surface area contributed by atoms with E-state index in [2.05, 4.69) is 6.08 Å². The molecule has 2 heteroatoms. The summed E-state index contributed by atoms with van der Waals surface area (Å²) in [5.41, 5.74) is 1.25. The van der Waals surface area contributed by atoms with Gasteiger partial charge in [-0.05, 0) is 26.7 Å². The van der Waals surface area contributed by atoms with Gasteiger partial charge >= 0.3 is 5.97 Å². The van der Waals surface area contributed by atoms with Crippen LogP contribution in [0, 0.1) is 5.92 Å². The van der Waals surface area contributed by atoms with Gasteiger partial charge in [0.1, 0.15) is 0 Å². The molecule has 0 rings (SSSR count). The zero-order valence-corrected chi connectivity index (χ0v) is 7.42. The highest BCUT2D eigenvalue weighted by molar-refractivity contribution is 5.69. The van der Waals surface area contributed by atoms with Crippen molar-refractivity contribution >= 4 is 5.97 Å². The van der Waals surface area contributed by atoms with Crippen molar-refractivity contribution in [2.45, 2.75) is 33.6 Å². The van der Waals surface area contributed by atoms with Crippen LogP contribution in [0.25, 0.3) is 0 Å². The Labute approximate surface area is 67.9 Å². The third kappa shape index (κ3) is 5.64. The second-order valence-corrected chi connectivity index (χ2v) is 3.10. The third-order valence-electron chi connectivity index (χ3n) is 1.57. The van der Waals surface area contributed by atoms with E-state index in [9.17, 15) is 4.79 Å². The molecule has 0 aliphatic rings. The number of allylic oxidation sites excluding steroid dienone is 2. The molecule has 0 fully saturated rings. The lowest BCUT2D eigenvalue weighted by Crippen LogP contribution is -2.08. The first-order chi connectivity index (χ1) is 5.04. The maximum Gasteiger partial charge on any atom is 0.306 e. The normalized spacial score (nSPS) is 12.3. The lowest BCUT2D eigenvalue weighted by molar-refractivity contribution is -0.141. The van der Waals surface area contributed by atoms with Crippen LogP contribution >= 0.6 is 0 Å². The Morgan fingerprint density at radius 1 is 1.55 bits per heavy atom. The van der Waals surface area contributed by atoms with Crippen molar-refractivity contribution in [2.24, 2.45) is 5.92 Å². The molecule has 0 heterocycles. The van der Waals surface area contributed by atoms with Gasteiger partial charge in [0, 0.05) is 0 Å². The van der Waals surface area contributed by atoms with E-state index in [0.717, 1.165) is 12.8 Å². The van der Waals surface area contributed by atoms with E-state index in [1.165, 1.54) is 5.57 Å². The molecule has 11 heavy (non-hydrogen) atoms.